The van der Waals surface area contributed by atoms with E-state index in [1.54, 1.807) is 0 Å². The van der Waals surface area contributed by atoms with Gasteiger partial charge in [-0.25, -0.2) is 0 Å². The van der Waals surface area contributed by atoms with Gasteiger partial charge < -0.3 is 4.90 Å². The van der Waals surface area contributed by atoms with Gasteiger partial charge in [0.05, 0.1) is 6.04 Å². The average Bonchev–Trinajstić information content (AvgIpc) is 2.74. The molecule has 0 bridgehead atoms. The Balaban J connectivity index is 1.87. The predicted octanol–water partition coefficient (Wildman–Crippen LogP) is 3.08. The molecule has 0 radical (unpaired) electrons. The molecular weight excluding hydrogens is 248 g/mol. The third kappa shape index (κ3) is 2.24. The minimum Gasteiger partial charge on any atom is -0.319 e. The molecule has 1 aliphatic carbocycles. The molecule has 1 aromatic carbocycles. The van der Waals surface area contributed by atoms with Gasteiger partial charge in [0.2, 0.25) is 5.91 Å². The highest BCUT2D eigenvalue weighted by Gasteiger charge is 2.43. The molecule has 1 N–H and O–H groups in total. The van der Waals surface area contributed by atoms with Gasteiger partial charge in [0.15, 0.2) is 0 Å². The fourth-order valence-corrected chi connectivity index (χ4v) is 3.42. The van der Waals surface area contributed by atoms with E-state index in [1.807, 2.05) is 18.2 Å². The van der Waals surface area contributed by atoms with E-state index >= 15 is 0 Å². The third-order valence-corrected chi connectivity index (χ3v) is 4.98. The highest BCUT2D eigenvalue weighted by Crippen LogP contribution is 2.37. The lowest BCUT2D eigenvalue weighted by atomic mass is 9.79. The minimum atomic E-state index is -0.0252. The molecule has 1 amide bonds. The third-order valence-electron chi connectivity index (χ3n) is 4.98. The summed E-state index contributed by atoms with van der Waals surface area (Å²) in [7, 11) is 0. The first-order valence-electron chi connectivity index (χ1n) is 7.85. The summed E-state index contributed by atoms with van der Waals surface area (Å²) in [4.78, 5) is 14.8. The fourth-order valence-electron chi connectivity index (χ4n) is 3.42. The number of hydrogen-bond donors (Lipinski definition) is 1. The van der Waals surface area contributed by atoms with Crippen LogP contribution in [0.15, 0.2) is 30.3 Å². The summed E-state index contributed by atoms with van der Waals surface area (Å²) in [5.41, 5.74) is 1.20. The lowest BCUT2D eigenvalue weighted by Crippen LogP contribution is -2.44. The molecule has 1 saturated carbocycles. The van der Waals surface area contributed by atoms with Crippen molar-refractivity contribution < 1.29 is 4.79 Å². The van der Waals surface area contributed by atoms with Gasteiger partial charge in [0, 0.05) is 6.04 Å². The summed E-state index contributed by atoms with van der Waals surface area (Å²) in [5.74, 6) is 0.961. The van der Waals surface area contributed by atoms with E-state index in [9.17, 15) is 4.79 Å². The van der Waals surface area contributed by atoms with Crippen molar-refractivity contribution in [1.29, 1.82) is 0 Å². The first-order chi connectivity index (χ1) is 9.72. The number of hydrogen-bond acceptors (Lipinski definition) is 2. The Morgan fingerprint density at radius 3 is 2.55 bits per heavy atom. The maximum Gasteiger partial charge on any atom is 0.241 e. The molecule has 3 unspecified atom stereocenters. The summed E-state index contributed by atoms with van der Waals surface area (Å²) in [6.45, 7) is 4.30. The number of carbonyl (C=O) groups is 1. The standard InChI is InChI=1S/C17H24N2O/c1-3-15-17(20)19(12(2)13-10-7-11-13)16(18-15)14-8-5-4-6-9-14/h4-6,8-9,12-13,15-16,18H,3,7,10-11H2,1-2H3. The maximum atomic E-state index is 12.7. The number of nitrogens with one attached hydrogen (secondary N) is 1. The number of rotatable bonds is 4. The van der Waals surface area contributed by atoms with Gasteiger partial charge >= 0.3 is 0 Å². The van der Waals surface area contributed by atoms with Crippen LogP contribution in [-0.4, -0.2) is 22.9 Å². The monoisotopic (exact) mass is 272 g/mol. The normalized spacial score (nSPS) is 28.5. The molecule has 3 nitrogen and oxygen atoms in total. The van der Waals surface area contributed by atoms with Gasteiger partial charge in [-0.15, -0.1) is 0 Å². The molecule has 0 spiro atoms. The van der Waals surface area contributed by atoms with E-state index in [1.165, 1.54) is 24.8 Å². The topological polar surface area (TPSA) is 32.3 Å². The SMILES string of the molecule is CCC1NC(c2ccccc2)N(C(C)C2CCC2)C1=O. The van der Waals surface area contributed by atoms with Crippen LogP contribution < -0.4 is 5.32 Å². The first kappa shape index (κ1) is 13.6. The van der Waals surface area contributed by atoms with Crippen LogP contribution in [0.3, 0.4) is 0 Å². The van der Waals surface area contributed by atoms with E-state index in [4.69, 9.17) is 0 Å². The molecule has 1 aliphatic heterocycles. The van der Waals surface area contributed by atoms with Crippen molar-refractivity contribution >= 4 is 5.91 Å². The molecule has 2 fully saturated rings. The Hall–Kier alpha value is -1.35. The quantitative estimate of drug-likeness (QED) is 0.913. The van der Waals surface area contributed by atoms with Crippen LogP contribution in [0.25, 0.3) is 0 Å². The Labute approximate surface area is 121 Å². The molecule has 0 aromatic heterocycles. The van der Waals surface area contributed by atoms with Crippen LogP contribution in [0.5, 0.6) is 0 Å². The van der Waals surface area contributed by atoms with Gasteiger partial charge in [0.1, 0.15) is 6.17 Å². The first-order valence-corrected chi connectivity index (χ1v) is 7.85. The van der Waals surface area contributed by atoms with E-state index in [-0.39, 0.29) is 18.1 Å². The van der Waals surface area contributed by atoms with Crippen molar-refractivity contribution in [3.63, 3.8) is 0 Å². The molecular formula is C17H24N2O. The van der Waals surface area contributed by atoms with Crippen LogP contribution >= 0.6 is 0 Å². The van der Waals surface area contributed by atoms with Gasteiger partial charge in [-0.05, 0) is 37.7 Å². The summed E-state index contributed by atoms with van der Waals surface area (Å²) in [6, 6.07) is 10.7. The molecule has 1 aromatic rings. The van der Waals surface area contributed by atoms with Crippen molar-refractivity contribution in [2.45, 2.75) is 57.8 Å². The van der Waals surface area contributed by atoms with E-state index < -0.39 is 0 Å². The highest BCUT2D eigenvalue weighted by atomic mass is 16.2. The molecule has 3 heteroatoms. The highest BCUT2D eigenvalue weighted by molar-refractivity contribution is 5.84. The van der Waals surface area contributed by atoms with Crippen molar-refractivity contribution in [3.8, 4) is 0 Å². The Morgan fingerprint density at radius 1 is 1.30 bits per heavy atom. The van der Waals surface area contributed by atoms with Crippen molar-refractivity contribution in [2.24, 2.45) is 5.92 Å². The summed E-state index contributed by atoms with van der Waals surface area (Å²) in [6.07, 6.45) is 4.75. The van der Waals surface area contributed by atoms with Crippen LogP contribution in [0, 0.1) is 5.92 Å². The van der Waals surface area contributed by atoms with Crippen molar-refractivity contribution in [1.82, 2.24) is 10.2 Å². The number of amides is 1. The second-order valence-electron chi connectivity index (χ2n) is 6.12. The van der Waals surface area contributed by atoms with Crippen LogP contribution in [0.2, 0.25) is 0 Å². The Kier molecular flexibility index (Phi) is 3.79. The molecule has 3 atom stereocenters. The summed E-state index contributed by atoms with van der Waals surface area (Å²) >= 11 is 0. The van der Waals surface area contributed by atoms with Crippen LogP contribution in [-0.2, 0) is 4.79 Å². The predicted molar refractivity (Wildman–Crippen MR) is 80.0 cm³/mol. The number of nitrogens with zero attached hydrogens (tertiary/aromatic N) is 1. The summed E-state index contributed by atoms with van der Waals surface area (Å²) < 4.78 is 0. The average molecular weight is 272 g/mol. The zero-order valence-electron chi connectivity index (χ0n) is 12.4. The largest absolute Gasteiger partial charge is 0.319 e. The van der Waals surface area contributed by atoms with E-state index in [0.29, 0.717) is 12.0 Å². The Morgan fingerprint density at radius 2 is 2.00 bits per heavy atom. The summed E-state index contributed by atoms with van der Waals surface area (Å²) in [5, 5.41) is 3.52. The van der Waals surface area contributed by atoms with Gasteiger partial charge in [-0.1, -0.05) is 43.7 Å². The zero-order valence-corrected chi connectivity index (χ0v) is 12.4. The number of carbonyl (C=O) groups excluding carboxylic acids is 1. The van der Waals surface area contributed by atoms with Crippen molar-refractivity contribution in [3.05, 3.63) is 35.9 Å². The van der Waals surface area contributed by atoms with Crippen molar-refractivity contribution in [2.75, 3.05) is 0 Å². The van der Waals surface area contributed by atoms with Gasteiger partial charge in [-0.3, -0.25) is 10.1 Å². The number of benzene rings is 1. The molecule has 1 saturated heterocycles. The van der Waals surface area contributed by atoms with E-state index in [0.717, 1.165) is 6.42 Å². The Bertz CT molecular complexity index is 469. The molecule has 20 heavy (non-hydrogen) atoms. The minimum absolute atomic E-state index is 0.0252. The lowest BCUT2D eigenvalue weighted by Gasteiger charge is -2.39. The maximum absolute atomic E-state index is 12.7. The molecule has 108 valence electrons. The van der Waals surface area contributed by atoms with Gasteiger partial charge in [-0.2, -0.15) is 0 Å². The zero-order chi connectivity index (χ0) is 14.1. The second-order valence-corrected chi connectivity index (χ2v) is 6.12. The molecule has 3 rings (SSSR count). The lowest BCUT2D eigenvalue weighted by molar-refractivity contribution is -0.133. The van der Waals surface area contributed by atoms with E-state index in [2.05, 4.69) is 36.2 Å². The van der Waals surface area contributed by atoms with Crippen LogP contribution in [0.4, 0.5) is 0 Å². The molecule has 1 heterocycles. The van der Waals surface area contributed by atoms with Gasteiger partial charge in [0.25, 0.3) is 0 Å². The van der Waals surface area contributed by atoms with Crippen LogP contribution in [0.1, 0.15) is 51.3 Å². The fraction of sp³-hybridized carbons (Fsp3) is 0.588. The smallest absolute Gasteiger partial charge is 0.241 e. The molecule has 2 aliphatic rings. The second kappa shape index (κ2) is 5.57.